The summed E-state index contributed by atoms with van der Waals surface area (Å²) in [5.41, 5.74) is -0.0559. The van der Waals surface area contributed by atoms with Crippen molar-refractivity contribution in [3.63, 3.8) is 0 Å². The Labute approximate surface area is 150 Å². The van der Waals surface area contributed by atoms with Gasteiger partial charge in [0.15, 0.2) is 0 Å². The Hall–Kier alpha value is -1.90. The smallest absolute Gasteiger partial charge is 0.338 e. The Bertz CT molecular complexity index is 616. The molecule has 25 heavy (non-hydrogen) atoms. The van der Waals surface area contributed by atoms with E-state index in [1.165, 1.54) is 0 Å². The molecule has 5 heteroatoms. The number of rotatable bonds is 5. The molecule has 5 nitrogen and oxygen atoms in total. The molecule has 136 valence electrons. The number of carbonyl (C=O) groups is 1. The molecule has 0 radical (unpaired) electrons. The minimum atomic E-state index is -0.312. The Morgan fingerprint density at radius 2 is 1.80 bits per heavy atom. The summed E-state index contributed by atoms with van der Waals surface area (Å²) in [4.78, 5) is 18.4. The van der Waals surface area contributed by atoms with Gasteiger partial charge in [-0.1, -0.05) is 18.2 Å². The highest BCUT2D eigenvalue weighted by molar-refractivity contribution is 5.89. The Balaban J connectivity index is 2.09. The topological polar surface area (TPSA) is 62.6 Å². The van der Waals surface area contributed by atoms with Crippen LogP contribution in [-0.2, 0) is 9.57 Å². The zero-order valence-corrected chi connectivity index (χ0v) is 15.8. The average molecular weight is 344 g/mol. The van der Waals surface area contributed by atoms with Gasteiger partial charge in [-0.3, -0.25) is 4.84 Å². The van der Waals surface area contributed by atoms with E-state index >= 15 is 0 Å². The predicted octanol–water partition coefficient (Wildman–Crippen LogP) is 4.10. The summed E-state index contributed by atoms with van der Waals surface area (Å²) in [6.07, 6.45) is 1.34. The number of hydrogen-bond donors (Lipinski definition) is 0. The molecular weight excluding hydrogens is 316 g/mol. The van der Waals surface area contributed by atoms with Gasteiger partial charge in [0.05, 0.1) is 24.2 Å². The van der Waals surface area contributed by atoms with Crippen LogP contribution in [0.15, 0.2) is 30.3 Å². The summed E-state index contributed by atoms with van der Waals surface area (Å²) in [7, 11) is 0. The van der Waals surface area contributed by atoms with Crippen molar-refractivity contribution in [1.29, 1.82) is 5.26 Å². The van der Waals surface area contributed by atoms with Gasteiger partial charge in [-0.15, -0.1) is 0 Å². The van der Waals surface area contributed by atoms with Gasteiger partial charge in [0.25, 0.3) is 0 Å². The lowest BCUT2D eigenvalue weighted by molar-refractivity contribution is -0.310. The average Bonchev–Trinajstić information content (AvgIpc) is 2.51. The molecule has 0 bridgehead atoms. The maximum absolute atomic E-state index is 12.4. The molecule has 1 aromatic rings. The first-order valence-electron chi connectivity index (χ1n) is 8.76. The summed E-state index contributed by atoms with van der Waals surface area (Å²) in [5.74, 6) is -0.288. The number of ether oxygens (including phenoxy) is 1. The van der Waals surface area contributed by atoms with Gasteiger partial charge in [0.2, 0.25) is 0 Å². The Kier molecular flexibility index (Phi) is 5.87. The van der Waals surface area contributed by atoms with Crippen molar-refractivity contribution in [2.45, 2.75) is 77.2 Å². The van der Waals surface area contributed by atoms with Crippen LogP contribution in [0.4, 0.5) is 0 Å². The van der Waals surface area contributed by atoms with Crippen LogP contribution in [0.2, 0.25) is 0 Å². The maximum atomic E-state index is 12.4. The van der Waals surface area contributed by atoms with Crippen LogP contribution in [0.3, 0.4) is 0 Å². The molecule has 1 aliphatic rings. The summed E-state index contributed by atoms with van der Waals surface area (Å²) in [5, 5.41) is 10.9. The molecule has 1 aromatic carbocycles. The van der Waals surface area contributed by atoms with E-state index in [0.717, 1.165) is 0 Å². The molecule has 0 aromatic heterocycles. The maximum Gasteiger partial charge on any atom is 0.338 e. The summed E-state index contributed by atoms with van der Waals surface area (Å²) < 4.78 is 5.78. The van der Waals surface area contributed by atoms with Crippen molar-refractivity contribution in [3.8, 4) is 6.07 Å². The van der Waals surface area contributed by atoms with E-state index in [9.17, 15) is 4.79 Å². The van der Waals surface area contributed by atoms with Crippen LogP contribution >= 0.6 is 0 Å². The first-order valence-corrected chi connectivity index (χ1v) is 8.76. The fourth-order valence-corrected chi connectivity index (χ4v) is 3.68. The molecular formula is C20H28N2O3. The van der Waals surface area contributed by atoms with Crippen molar-refractivity contribution in [3.05, 3.63) is 35.9 Å². The lowest BCUT2D eigenvalue weighted by Gasteiger charge is -2.53. The minimum absolute atomic E-state index is 0.174. The van der Waals surface area contributed by atoms with Crippen LogP contribution in [0.1, 0.15) is 64.2 Å². The van der Waals surface area contributed by atoms with Gasteiger partial charge < -0.3 is 4.74 Å². The standard InChI is InChI=1S/C20H28N2O3/c1-15(11-12-21)25-22-19(2,3)13-17(14-20(22,4)5)24-18(23)16-9-7-6-8-10-16/h6-10,15,17H,11,13-14H2,1-5H3. The fourth-order valence-electron chi connectivity index (χ4n) is 3.68. The molecule has 0 aliphatic carbocycles. The summed E-state index contributed by atoms with van der Waals surface area (Å²) in [6.45, 7) is 10.2. The number of nitrogens with zero attached hydrogens (tertiary/aromatic N) is 2. The normalized spacial score (nSPS) is 21.3. The van der Waals surface area contributed by atoms with Gasteiger partial charge in [-0.2, -0.15) is 10.3 Å². The summed E-state index contributed by atoms with van der Waals surface area (Å²) in [6, 6.07) is 11.2. The third kappa shape index (κ3) is 4.81. The van der Waals surface area contributed by atoms with Crippen LogP contribution in [-0.4, -0.2) is 34.3 Å². The van der Waals surface area contributed by atoms with Crippen LogP contribution in [0.5, 0.6) is 0 Å². The lowest BCUT2D eigenvalue weighted by atomic mass is 9.80. The van der Waals surface area contributed by atoms with E-state index in [1.54, 1.807) is 12.1 Å². The molecule has 1 fully saturated rings. The zero-order valence-electron chi connectivity index (χ0n) is 15.8. The van der Waals surface area contributed by atoms with Gasteiger partial charge in [0, 0.05) is 23.9 Å². The molecule has 1 aliphatic heterocycles. The minimum Gasteiger partial charge on any atom is -0.459 e. The molecule has 0 spiro atoms. The van der Waals surface area contributed by atoms with E-state index in [1.807, 2.05) is 30.2 Å². The number of nitriles is 1. The van der Waals surface area contributed by atoms with Crippen molar-refractivity contribution in [1.82, 2.24) is 5.06 Å². The molecule has 0 saturated carbocycles. The third-order valence-electron chi connectivity index (χ3n) is 4.50. The van der Waals surface area contributed by atoms with Gasteiger partial charge in [-0.05, 0) is 46.8 Å². The van der Waals surface area contributed by atoms with Crippen LogP contribution in [0.25, 0.3) is 0 Å². The highest BCUT2D eigenvalue weighted by Crippen LogP contribution is 2.40. The molecule has 0 amide bonds. The van der Waals surface area contributed by atoms with Crippen molar-refractivity contribution in [2.75, 3.05) is 0 Å². The molecule has 2 rings (SSSR count). The molecule has 1 unspecified atom stereocenters. The number of hydroxylamine groups is 2. The number of esters is 1. The molecule has 0 N–H and O–H groups in total. The largest absolute Gasteiger partial charge is 0.459 e. The van der Waals surface area contributed by atoms with E-state index in [0.29, 0.717) is 24.8 Å². The summed E-state index contributed by atoms with van der Waals surface area (Å²) >= 11 is 0. The second-order valence-corrected chi connectivity index (χ2v) is 8.00. The Morgan fingerprint density at radius 1 is 1.24 bits per heavy atom. The second-order valence-electron chi connectivity index (χ2n) is 8.00. The van der Waals surface area contributed by atoms with Crippen LogP contribution in [0, 0.1) is 11.3 Å². The number of hydrogen-bond acceptors (Lipinski definition) is 5. The predicted molar refractivity (Wildman–Crippen MR) is 95.7 cm³/mol. The first-order chi connectivity index (χ1) is 11.7. The highest BCUT2D eigenvalue weighted by Gasteiger charge is 2.48. The van der Waals surface area contributed by atoms with Crippen molar-refractivity contribution in [2.24, 2.45) is 0 Å². The fraction of sp³-hybridized carbons (Fsp3) is 0.600. The Morgan fingerprint density at radius 3 is 2.32 bits per heavy atom. The molecule has 1 heterocycles. The number of benzene rings is 1. The lowest BCUT2D eigenvalue weighted by Crippen LogP contribution is -2.62. The van der Waals surface area contributed by atoms with Crippen LogP contribution < -0.4 is 0 Å². The highest BCUT2D eigenvalue weighted by atomic mass is 16.7. The van der Waals surface area contributed by atoms with Gasteiger partial charge in [0.1, 0.15) is 6.10 Å². The van der Waals surface area contributed by atoms with E-state index in [2.05, 4.69) is 33.8 Å². The molecule has 1 atom stereocenters. The van der Waals surface area contributed by atoms with E-state index in [4.69, 9.17) is 14.8 Å². The molecule has 1 saturated heterocycles. The quantitative estimate of drug-likeness (QED) is 0.753. The van der Waals surface area contributed by atoms with Crippen molar-refractivity contribution >= 4 is 5.97 Å². The van der Waals surface area contributed by atoms with E-state index < -0.39 is 0 Å². The monoisotopic (exact) mass is 344 g/mol. The number of carbonyl (C=O) groups excluding carboxylic acids is 1. The van der Waals surface area contributed by atoms with Gasteiger partial charge >= 0.3 is 5.97 Å². The van der Waals surface area contributed by atoms with Crippen molar-refractivity contribution < 1.29 is 14.4 Å². The number of piperidine rings is 1. The van der Waals surface area contributed by atoms with E-state index in [-0.39, 0.29) is 29.3 Å². The third-order valence-corrected chi connectivity index (χ3v) is 4.50. The van der Waals surface area contributed by atoms with Gasteiger partial charge in [-0.25, -0.2) is 4.79 Å². The SMILES string of the molecule is CC(CC#N)ON1C(C)(C)CC(OC(=O)c2ccccc2)CC1(C)C. The second kappa shape index (κ2) is 7.55. The zero-order chi connectivity index (χ0) is 18.7. The first kappa shape index (κ1) is 19.4.